The lowest BCUT2D eigenvalue weighted by atomic mass is 10.1. The molecule has 1 unspecified atom stereocenters. The van der Waals surface area contributed by atoms with E-state index in [2.05, 4.69) is 15.6 Å². The molecule has 2 aromatic carbocycles. The minimum Gasteiger partial charge on any atom is -0.490 e. The van der Waals surface area contributed by atoms with Crippen molar-refractivity contribution < 1.29 is 14.3 Å². The van der Waals surface area contributed by atoms with Crippen LogP contribution in [0.25, 0.3) is 0 Å². The van der Waals surface area contributed by atoms with Crippen molar-refractivity contribution in [3.63, 3.8) is 0 Å². The Balaban J connectivity index is 1.50. The van der Waals surface area contributed by atoms with Gasteiger partial charge in [-0.3, -0.25) is 9.59 Å². The van der Waals surface area contributed by atoms with Gasteiger partial charge in [-0.05, 0) is 31.2 Å². The van der Waals surface area contributed by atoms with E-state index in [0.717, 1.165) is 0 Å². The normalized spacial score (nSPS) is 11.5. The quantitative estimate of drug-likeness (QED) is 0.586. The highest BCUT2D eigenvalue weighted by atomic mass is 16.5. The molecule has 0 spiro atoms. The van der Waals surface area contributed by atoms with Crippen LogP contribution in [0.4, 0.5) is 5.69 Å². The van der Waals surface area contributed by atoms with Crippen LogP contribution < -0.4 is 15.4 Å². The first-order valence-electron chi connectivity index (χ1n) is 9.45. The van der Waals surface area contributed by atoms with Gasteiger partial charge in [-0.25, -0.2) is 4.98 Å². The molecule has 2 amide bonds. The summed E-state index contributed by atoms with van der Waals surface area (Å²) in [5, 5.41) is 5.70. The van der Waals surface area contributed by atoms with Crippen molar-refractivity contribution in [2.75, 3.05) is 11.9 Å². The number of ether oxygens (including phenoxy) is 1. The van der Waals surface area contributed by atoms with Gasteiger partial charge in [0.05, 0.1) is 18.6 Å². The maximum Gasteiger partial charge on any atom is 0.251 e. The standard InChI is InChI=1S/C22H24N4O3/c1-17(24-22(28)18-7-3-2-4-8-18)15-21(27)25-19-9-5-6-10-20(19)29-14-13-26-12-11-23-16-26/h2-12,16-17H,13-15H2,1H3,(H,24,28)(H,25,27). The topological polar surface area (TPSA) is 85.2 Å². The van der Waals surface area contributed by atoms with E-state index >= 15 is 0 Å². The van der Waals surface area contributed by atoms with Crippen LogP contribution in [0.3, 0.4) is 0 Å². The zero-order valence-electron chi connectivity index (χ0n) is 16.2. The Morgan fingerprint density at radius 2 is 1.86 bits per heavy atom. The molecular formula is C22H24N4O3. The van der Waals surface area contributed by atoms with Gasteiger partial charge in [0.1, 0.15) is 12.4 Å². The second kappa shape index (κ2) is 10.1. The highest BCUT2D eigenvalue weighted by Crippen LogP contribution is 2.24. The Kier molecular flexibility index (Phi) is 7.00. The van der Waals surface area contributed by atoms with Gasteiger partial charge in [-0.15, -0.1) is 0 Å². The minimum atomic E-state index is -0.308. The van der Waals surface area contributed by atoms with Crippen molar-refractivity contribution in [1.82, 2.24) is 14.9 Å². The molecule has 0 saturated heterocycles. The van der Waals surface area contributed by atoms with Crippen molar-refractivity contribution in [3.8, 4) is 5.75 Å². The predicted octanol–water partition coefficient (Wildman–Crippen LogP) is 3.11. The number of amides is 2. The summed E-state index contributed by atoms with van der Waals surface area (Å²) in [6, 6.07) is 15.9. The SMILES string of the molecule is CC(CC(=O)Nc1ccccc1OCCn1ccnc1)NC(=O)c1ccccc1. The van der Waals surface area contributed by atoms with E-state index < -0.39 is 0 Å². The van der Waals surface area contributed by atoms with Gasteiger partial charge < -0.3 is 19.9 Å². The van der Waals surface area contributed by atoms with E-state index in [1.165, 1.54) is 0 Å². The first-order chi connectivity index (χ1) is 14.1. The summed E-state index contributed by atoms with van der Waals surface area (Å²) in [7, 11) is 0. The van der Waals surface area contributed by atoms with Crippen LogP contribution in [-0.4, -0.2) is 34.0 Å². The van der Waals surface area contributed by atoms with Gasteiger partial charge >= 0.3 is 0 Å². The molecule has 0 bridgehead atoms. The summed E-state index contributed by atoms with van der Waals surface area (Å²) in [5.74, 6) is 0.201. The van der Waals surface area contributed by atoms with E-state index in [0.29, 0.717) is 30.2 Å². The first kappa shape index (κ1) is 20.1. The molecule has 7 nitrogen and oxygen atoms in total. The lowest BCUT2D eigenvalue weighted by Crippen LogP contribution is -2.35. The average molecular weight is 392 g/mol. The molecule has 0 fully saturated rings. The van der Waals surface area contributed by atoms with E-state index in [-0.39, 0.29) is 24.3 Å². The van der Waals surface area contributed by atoms with Gasteiger partial charge in [-0.1, -0.05) is 30.3 Å². The van der Waals surface area contributed by atoms with Gasteiger partial charge in [0, 0.05) is 30.4 Å². The second-order valence-electron chi connectivity index (χ2n) is 6.64. The monoisotopic (exact) mass is 392 g/mol. The molecule has 0 saturated carbocycles. The van der Waals surface area contributed by atoms with Crippen molar-refractivity contribution in [3.05, 3.63) is 78.9 Å². The Bertz CT molecular complexity index is 926. The number of rotatable bonds is 9. The highest BCUT2D eigenvalue weighted by molar-refractivity contribution is 5.96. The van der Waals surface area contributed by atoms with E-state index in [4.69, 9.17) is 4.74 Å². The average Bonchev–Trinajstić information content (AvgIpc) is 3.23. The molecule has 29 heavy (non-hydrogen) atoms. The summed E-state index contributed by atoms with van der Waals surface area (Å²) >= 11 is 0. The fourth-order valence-electron chi connectivity index (χ4n) is 2.80. The Labute approximate surface area is 169 Å². The number of hydrogen-bond acceptors (Lipinski definition) is 4. The third-order valence-corrected chi connectivity index (χ3v) is 4.23. The third kappa shape index (κ3) is 6.21. The molecule has 3 rings (SSSR count). The number of nitrogens with one attached hydrogen (secondary N) is 2. The maximum atomic E-state index is 12.4. The predicted molar refractivity (Wildman–Crippen MR) is 111 cm³/mol. The molecule has 0 aliphatic carbocycles. The molecule has 0 aliphatic heterocycles. The number of carbonyl (C=O) groups is 2. The minimum absolute atomic E-state index is 0.155. The lowest BCUT2D eigenvalue weighted by molar-refractivity contribution is -0.116. The molecule has 0 radical (unpaired) electrons. The Hall–Kier alpha value is -3.61. The summed E-state index contributed by atoms with van der Waals surface area (Å²) in [4.78, 5) is 28.6. The fourth-order valence-corrected chi connectivity index (χ4v) is 2.80. The zero-order valence-corrected chi connectivity index (χ0v) is 16.2. The van der Waals surface area contributed by atoms with E-state index in [9.17, 15) is 9.59 Å². The van der Waals surface area contributed by atoms with Crippen molar-refractivity contribution in [2.24, 2.45) is 0 Å². The molecular weight excluding hydrogens is 368 g/mol. The molecule has 7 heteroatoms. The zero-order chi connectivity index (χ0) is 20.5. The van der Waals surface area contributed by atoms with Crippen LogP contribution in [0.15, 0.2) is 73.3 Å². The number of nitrogens with zero attached hydrogens (tertiary/aromatic N) is 2. The van der Waals surface area contributed by atoms with Crippen LogP contribution in [0.1, 0.15) is 23.7 Å². The largest absolute Gasteiger partial charge is 0.490 e. The van der Waals surface area contributed by atoms with E-state index in [1.807, 2.05) is 35.0 Å². The van der Waals surface area contributed by atoms with Crippen LogP contribution in [0, 0.1) is 0 Å². The number of imidazole rings is 1. The van der Waals surface area contributed by atoms with Crippen LogP contribution in [-0.2, 0) is 11.3 Å². The van der Waals surface area contributed by atoms with Crippen LogP contribution in [0.2, 0.25) is 0 Å². The highest BCUT2D eigenvalue weighted by Gasteiger charge is 2.14. The Morgan fingerprint density at radius 3 is 2.62 bits per heavy atom. The van der Waals surface area contributed by atoms with Gasteiger partial charge in [0.2, 0.25) is 5.91 Å². The molecule has 3 aromatic rings. The van der Waals surface area contributed by atoms with Gasteiger partial charge in [-0.2, -0.15) is 0 Å². The number of benzene rings is 2. The van der Waals surface area contributed by atoms with Crippen molar-refractivity contribution in [2.45, 2.75) is 25.9 Å². The molecule has 150 valence electrons. The Morgan fingerprint density at radius 1 is 1.10 bits per heavy atom. The molecule has 0 aliphatic rings. The van der Waals surface area contributed by atoms with Gasteiger partial charge in [0.15, 0.2) is 0 Å². The van der Waals surface area contributed by atoms with Crippen LogP contribution >= 0.6 is 0 Å². The number of carbonyl (C=O) groups excluding carboxylic acids is 2. The number of anilines is 1. The maximum absolute atomic E-state index is 12.4. The number of hydrogen-bond donors (Lipinski definition) is 2. The summed E-state index contributed by atoms with van der Waals surface area (Å²) in [5.41, 5.74) is 1.17. The molecule has 1 atom stereocenters. The molecule has 1 heterocycles. The fraction of sp³-hybridized carbons (Fsp3) is 0.227. The second-order valence-corrected chi connectivity index (χ2v) is 6.64. The summed E-state index contributed by atoms with van der Waals surface area (Å²) in [6.07, 6.45) is 5.46. The van der Waals surface area contributed by atoms with Crippen molar-refractivity contribution >= 4 is 17.5 Å². The number of para-hydroxylation sites is 2. The number of aromatic nitrogens is 2. The third-order valence-electron chi connectivity index (χ3n) is 4.23. The first-order valence-corrected chi connectivity index (χ1v) is 9.45. The smallest absolute Gasteiger partial charge is 0.251 e. The molecule has 2 N–H and O–H groups in total. The van der Waals surface area contributed by atoms with E-state index in [1.54, 1.807) is 49.8 Å². The van der Waals surface area contributed by atoms with Crippen LogP contribution in [0.5, 0.6) is 5.75 Å². The summed E-state index contributed by atoms with van der Waals surface area (Å²) in [6.45, 7) is 2.91. The molecule has 1 aromatic heterocycles. The summed E-state index contributed by atoms with van der Waals surface area (Å²) < 4.78 is 7.72. The van der Waals surface area contributed by atoms with Crippen molar-refractivity contribution in [1.29, 1.82) is 0 Å². The lowest BCUT2D eigenvalue weighted by Gasteiger charge is -2.16. The van der Waals surface area contributed by atoms with Gasteiger partial charge in [0.25, 0.3) is 5.91 Å².